The average Bonchev–Trinajstić information content (AvgIpc) is 3.20. The number of carbonyl (C=O) groups excluding carboxylic acids is 2. The molecule has 10 nitrogen and oxygen atoms in total. The molecule has 11 heteroatoms. The van der Waals surface area contributed by atoms with Crippen molar-refractivity contribution in [3.63, 3.8) is 0 Å². The summed E-state index contributed by atoms with van der Waals surface area (Å²) in [5, 5.41) is 43.1. The first-order valence-electron chi connectivity index (χ1n) is 11.5. The van der Waals surface area contributed by atoms with Gasteiger partial charge in [-0.3, -0.25) is 9.59 Å². The number of hydrogen-bond donors (Lipinski definition) is 5. The van der Waals surface area contributed by atoms with Gasteiger partial charge in [0.1, 0.15) is 11.8 Å². The second kappa shape index (κ2) is 13.0. The number of carboxylic acids is 1. The van der Waals surface area contributed by atoms with Crippen LogP contribution < -0.4 is 10.6 Å². The summed E-state index contributed by atoms with van der Waals surface area (Å²) in [5.41, 5.74) is 1.38. The summed E-state index contributed by atoms with van der Waals surface area (Å²) in [6.07, 6.45) is 0.169. The van der Waals surface area contributed by atoms with Gasteiger partial charge in [0.2, 0.25) is 0 Å². The van der Waals surface area contributed by atoms with Gasteiger partial charge in [0.25, 0.3) is 11.8 Å². The molecule has 2 aromatic rings. The predicted octanol–water partition coefficient (Wildman–Crippen LogP) is 1.85. The van der Waals surface area contributed by atoms with E-state index in [4.69, 9.17) is 5.26 Å². The van der Waals surface area contributed by atoms with Gasteiger partial charge in [0.15, 0.2) is 12.3 Å². The van der Waals surface area contributed by atoms with Crippen LogP contribution in [-0.2, 0) is 16.0 Å². The zero-order valence-corrected chi connectivity index (χ0v) is 22.0. The summed E-state index contributed by atoms with van der Waals surface area (Å²) < 4.78 is -0.724. The molecule has 0 spiro atoms. The van der Waals surface area contributed by atoms with E-state index in [1.54, 1.807) is 34.0 Å². The minimum absolute atomic E-state index is 0.0421. The summed E-state index contributed by atoms with van der Waals surface area (Å²) in [5.74, 6) is -2.38. The highest BCUT2D eigenvalue weighted by molar-refractivity contribution is 8.00. The molecule has 2 aromatic carbocycles. The first kappa shape index (κ1) is 29.5. The maximum atomic E-state index is 13.2. The topological polar surface area (TPSA) is 163 Å². The number of nitriles is 1. The molecule has 0 aromatic heterocycles. The fourth-order valence-corrected chi connectivity index (χ4v) is 5.09. The first-order chi connectivity index (χ1) is 17.4. The van der Waals surface area contributed by atoms with Gasteiger partial charge in [-0.15, -0.1) is 11.8 Å². The second-order valence-corrected chi connectivity index (χ2v) is 10.6. The third-order valence-corrected chi connectivity index (χ3v) is 7.35. The molecule has 1 aliphatic rings. The van der Waals surface area contributed by atoms with Gasteiger partial charge in [0, 0.05) is 22.9 Å². The maximum absolute atomic E-state index is 13.2. The summed E-state index contributed by atoms with van der Waals surface area (Å²) in [4.78, 5) is 39.2. The first-order valence-corrected chi connectivity index (χ1v) is 12.5. The molecule has 2 amide bonds. The Morgan fingerprint density at radius 1 is 1.19 bits per heavy atom. The monoisotopic (exact) mass is 528 g/mol. The number of carbonyl (C=O) groups is 3. The zero-order valence-electron chi connectivity index (χ0n) is 21.1. The Bertz CT molecular complexity index is 1150. The Morgan fingerprint density at radius 2 is 1.81 bits per heavy atom. The highest BCUT2D eigenvalue weighted by Gasteiger charge is 2.50. The Labute approximate surface area is 220 Å². The molecule has 1 aliphatic heterocycles. The van der Waals surface area contributed by atoms with E-state index in [2.05, 4.69) is 10.6 Å². The van der Waals surface area contributed by atoms with Crippen molar-refractivity contribution in [2.45, 2.75) is 50.1 Å². The van der Waals surface area contributed by atoms with Crippen LogP contribution in [0.25, 0.3) is 0 Å². The Kier molecular flexibility index (Phi) is 10.3. The van der Waals surface area contributed by atoms with Crippen molar-refractivity contribution in [1.29, 1.82) is 5.26 Å². The third-order valence-electron chi connectivity index (χ3n) is 5.97. The standard InChI is InChI=1S/C24H28N2O6S.C2H4N2/c1-14-16(10-7-11-18(14)27)21(29)25-17(12-15-8-5-4-6-9-15)19(28)22(30)26-13-33-24(2,3)20(26)23(31)32;1-4-2-3/h4-11,17,19-20,27-28H,12-13H2,1-3H3,(H,25,29)(H,31,32);4H,1H3/t17-,19-,20+;/m0./s1. The summed E-state index contributed by atoms with van der Waals surface area (Å²) in [6.45, 7) is 5.08. The summed E-state index contributed by atoms with van der Waals surface area (Å²) in [7, 11) is 1.57. The SMILES string of the molecule is CNC#N.Cc1c(O)cccc1C(=O)N[C@@H](Cc1ccccc1)[C@H](O)C(=O)N1CSC(C)(C)[C@H]1C(=O)O. The van der Waals surface area contributed by atoms with E-state index in [0.29, 0.717) is 5.56 Å². The Morgan fingerprint density at radius 3 is 2.38 bits per heavy atom. The normalized spacial score (nSPS) is 17.4. The minimum Gasteiger partial charge on any atom is -0.508 e. The fourth-order valence-electron chi connectivity index (χ4n) is 3.95. The number of aromatic hydroxyl groups is 1. The van der Waals surface area contributed by atoms with Crippen LogP contribution in [0.4, 0.5) is 0 Å². The minimum atomic E-state index is -1.66. The molecule has 5 N–H and O–H groups in total. The van der Waals surface area contributed by atoms with E-state index in [9.17, 15) is 29.7 Å². The molecule has 3 rings (SSSR count). The lowest BCUT2D eigenvalue weighted by atomic mass is 9.97. The average molecular weight is 529 g/mol. The number of amides is 2. The number of carboxylic acid groups (broad SMARTS) is 1. The van der Waals surface area contributed by atoms with Crippen LogP contribution >= 0.6 is 11.8 Å². The van der Waals surface area contributed by atoms with E-state index >= 15 is 0 Å². The lowest BCUT2D eigenvalue weighted by Crippen LogP contribution is -2.57. The van der Waals surface area contributed by atoms with Crippen LogP contribution in [0.5, 0.6) is 5.75 Å². The van der Waals surface area contributed by atoms with Gasteiger partial charge in [-0.25, -0.2) is 4.79 Å². The van der Waals surface area contributed by atoms with Crippen LogP contribution in [0.15, 0.2) is 48.5 Å². The van der Waals surface area contributed by atoms with Gasteiger partial charge in [-0.1, -0.05) is 36.4 Å². The van der Waals surface area contributed by atoms with E-state index in [1.165, 1.54) is 30.0 Å². The van der Waals surface area contributed by atoms with Crippen LogP contribution in [0, 0.1) is 18.4 Å². The van der Waals surface area contributed by atoms with Crippen molar-refractivity contribution in [2.24, 2.45) is 0 Å². The van der Waals surface area contributed by atoms with Gasteiger partial charge < -0.3 is 30.9 Å². The summed E-state index contributed by atoms with van der Waals surface area (Å²) in [6, 6.07) is 11.5. The number of rotatable bonds is 7. The van der Waals surface area contributed by atoms with Crippen LogP contribution in [0.1, 0.15) is 35.3 Å². The molecule has 1 fully saturated rings. The fraction of sp³-hybridized carbons (Fsp3) is 0.385. The molecule has 0 unspecified atom stereocenters. The van der Waals surface area contributed by atoms with Crippen molar-refractivity contribution in [3.05, 3.63) is 65.2 Å². The van der Waals surface area contributed by atoms with E-state index in [1.807, 2.05) is 30.3 Å². The number of nitrogens with one attached hydrogen (secondary N) is 2. The van der Waals surface area contributed by atoms with Crippen molar-refractivity contribution in [3.8, 4) is 11.9 Å². The van der Waals surface area contributed by atoms with Crippen LogP contribution in [-0.4, -0.2) is 73.9 Å². The quantitative estimate of drug-likeness (QED) is 0.267. The molecular weight excluding hydrogens is 496 g/mol. The van der Waals surface area contributed by atoms with Gasteiger partial charge in [-0.2, -0.15) is 5.26 Å². The van der Waals surface area contributed by atoms with E-state index < -0.39 is 40.7 Å². The number of nitrogens with zero attached hydrogens (tertiary/aromatic N) is 2. The van der Waals surface area contributed by atoms with Gasteiger partial charge in [-0.05, 0) is 44.9 Å². The molecule has 0 radical (unpaired) electrons. The van der Waals surface area contributed by atoms with Crippen molar-refractivity contribution < 1.29 is 29.7 Å². The molecule has 0 aliphatic carbocycles. The number of aliphatic hydroxyl groups excluding tert-OH is 1. The zero-order chi connectivity index (χ0) is 27.8. The number of phenolic OH excluding ortho intramolecular Hbond substituents is 1. The highest BCUT2D eigenvalue weighted by atomic mass is 32.2. The number of aliphatic carboxylic acids is 1. The Balaban J connectivity index is 0.00000112. The molecule has 1 heterocycles. The molecule has 1 saturated heterocycles. The second-order valence-electron chi connectivity index (χ2n) is 8.95. The van der Waals surface area contributed by atoms with Crippen molar-refractivity contribution in [2.75, 3.05) is 12.9 Å². The number of thioether (sulfide) groups is 1. The summed E-state index contributed by atoms with van der Waals surface area (Å²) >= 11 is 1.32. The smallest absolute Gasteiger partial charge is 0.327 e. The van der Waals surface area contributed by atoms with Crippen LogP contribution in [0.3, 0.4) is 0 Å². The molecule has 0 bridgehead atoms. The molecule has 198 valence electrons. The van der Waals surface area contributed by atoms with Crippen molar-refractivity contribution in [1.82, 2.24) is 15.5 Å². The number of benzene rings is 2. The molecular formula is C26H32N4O6S. The lowest BCUT2D eigenvalue weighted by Gasteiger charge is -2.31. The van der Waals surface area contributed by atoms with Crippen molar-refractivity contribution >= 4 is 29.5 Å². The van der Waals surface area contributed by atoms with E-state index in [-0.39, 0.29) is 23.6 Å². The molecule has 0 saturated carbocycles. The third kappa shape index (κ3) is 7.38. The molecule has 37 heavy (non-hydrogen) atoms. The molecule has 3 atom stereocenters. The maximum Gasteiger partial charge on any atom is 0.327 e. The van der Waals surface area contributed by atoms with E-state index in [0.717, 1.165) is 10.5 Å². The largest absolute Gasteiger partial charge is 0.508 e. The van der Waals surface area contributed by atoms with Crippen LogP contribution in [0.2, 0.25) is 0 Å². The number of hydrogen-bond acceptors (Lipinski definition) is 8. The van der Waals surface area contributed by atoms with Gasteiger partial charge >= 0.3 is 5.97 Å². The number of phenols is 1. The lowest BCUT2D eigenvalue weighted by molar-refractivity contribution is -0.154. The number of aliphatic hydroxyl groups is 1. The van der Waals surface area contributed by atoms with Gasteiger partial charge in [0.05, 0.1) is 11.9 Å². The Hall–Kier alpha value is -3.75. The predicted molar refractivity (Wildman–Crippen MR) is 140 cm³/mol. The highest BCUT2D eigenvalue weighted by Crippen LogP contribution is 2.39.